The molecule has 30 heavy (non-hydrogen) atoms. The summed E-state index contributed by atoms with van der Waals surface area (Å²) in [5.41, 5.74) is -0.674. The van der Waals surface area contributed by atoms with Crippen molar-refractivity contribution in [2.75, 3.05) is 19.8 Å². The van der Waals surface area contributed by atoms with E-state index in [0.717, 1.165) is 0 Å². The molecule has 8 nitrogen and oxygen atoms in total. The normalized spacial score (nSPS) is 14.8. The maximum Gasteiger partial charge on any atom is 0.322 e. The van der Waals surface area contributed by atoms with E-state index in [-0.39, 0.29) is 5.69 Å². The van der Waals surface area contributed by atoms with Gasteiger partial charge in [0.05, 0.1) is 13.2 Å². The third kappa shape index (κ3) is 5.63. The van der Waals surface area contributed by atoms with Gasteiger partial charge in [0.25, 0.3) is 5.91 Å². The van der Waals surface area contributed by atoms with Crippen LogP contribution in [0.4, 0.5) is 0 Å². The summed E-state index contributed by atoms with van der Waals surface area (Å²) in [4.78, 5) is 26.3. The lowest BCUT2D eigenvalue weighted by molar-refractivity contribution is -0.135. The van der Waals surface area contributed by atoms with Gasteiger partial charge in [0, 0.05) is 29.6 Å². The topological polar surface area (TPSA) is 118 Å². The first-order valence-electron chi connectivity index (χ1n) is 9.11. The first-order valence-corrected chi connectivity index (χ1v) is 9.49. The van der Waals surface area contributed by atoms with Gasteiger partial charge in [-0.1, -0.05) is 17.5 Å². The maximum atomic E-state index is 11.9. The molecule has 156 valence electrons. The van der Waals surface area contributed by atoms with Gasteiger partial charge in [0.1, 0.15) is 18.0 Å². The fraction of sp³-hybridized carbons (Fsp3) is 0.286. The van der Waals surface area contributed by atoms with Crippen LogP contribution < -0.4 is 10.1 Å². The zero-order valence-corrected chi connectivity index (χ0v) is 16.6. The number of pyridine rings is 1. The van der Waals surface area contributed by atoms with Gasteiger partial charge in [0.15, 0.2) is 11.3 Å². The molecule has 0 bridgehead atoms. The Morgan fingerprint density at radius 1 is 1.27 bits per heavy atom. The van der Waals surface area contributed by atoms with Crippen LogP contribution in [0.2, 0.25) is 5.02 Å². The SMILES string of the molecule is O=C(O)CNC(=O)c1ncc(C#CC2(Oc3ccc(Cl)cc3)CCOCC2)cc1O. The second-order valence-electron chi connectivity index (χ2n) is 6.58. The zero-order valence-electron chi connectivity index (χ0n) is 15.9. The third-order valence-electron chi connectivity index (χ3n) is 4.34. The molecule has 1 aliphatic rings. The minimum atomic E-state index is -1.20. The lowest BCUT2D eigenvalue weighted by Gasteiger charge is -2.33. The van der Waals surface area contributed by atoms with E-state index in [1.54, 1.807) is 24.3 Å². The van der Waals surface area contributed by atoms with Crippen LogP contribution >= 0.6 is 11.6 Å². The number of nitrogens with zero attached hydrogens (tertiary/aromatic N) is 1. The second-order valence-corrected chi connectivity index (χ2v) is 7.02. The van der Waals surface area contributed by atoms with E-state index in [1.165, 1.54) is 12.3 Å². The summed E-state index contributed by atoms with van der Waals surface area (Å²) in [7, 11) is 0. The molecule has 0 atom stereocenters. The van der Waals surface area contributed by atoms with Crippen LogP contribution in [0.5, 0.6) is 11.5 Å². The van der Waals surface area contributed by atoms with Crippen molar-refractivity contribution in [1.29, 1.82) is 0 Å². The Morgan fingerprint density at radius 2 is 1.97 bits per heavy atom. The quantitative estimate of drug-likeness (QED) is 0.622. The van der Waals surface area contributed by atoms with E-state index >= 15 is 0 Å². The number of amides is 1. The first-order chi connectivity index (χ1) is 14.4. The van der Waals surface area contributed by atoms with Crippen LogP contribution in [-0.4, -0.2) is 52.4 Å². The summed E-state index contributed by atoms with van der Waals surface area (Å²) < 4.78 is 11.6. The van der Waals surface area contributed by atoms with Gasteiger partial charge in [0.2, 0.25) is 0 Å². The number of carboxylic acids is 1. The fourth-order valence-corrected chi connectivity index (χ4v) is 2.93. The molecule has 3 N–H and O–H groups in total. The van der Waals surface area contributed by atoms with Crippen molar-refractivity contribution >= 4 is 23.5 Å². The highest BCUT2D eigenvalue weighted by Crippen LogP contribution is 2.28. The number of aliphatic carboxylic acids is 1. The zero-order chi connectivity index (χ0) is 21.6. The highest BCUT2D eigenvalue weighted by Gasteiger charge is 2.33. The monoisotopic (exact) mass is 430 g/mol. The minimum absolute atomic E-state index is 0.278. The van der Waals surface area contributed by atoms with Crippen molar-refractivity contribution in [3.8, 4) is 23.3 Å². The number of nitrogens with one attached hydrogen (secondary N) is 1. The number of halogens is 1. The van der Waals surface area contributed by atoms with Crippen LogP contribution in [0.1, 0.15) is 28.9 Å². The summed E-state index contributed by atoms with van der Waals surface area (Å²) >= 11 is 5.92. The number of benzene rings is 1. The molecule has 3 rings (SSSR count). The van der Waals surface area contributed by atoms with Gasteiger partial charge < -0.3 is 25.0 Å². The molecule has 2 heterocycles. The average molecular weight is 431 g/mol. The van der Waals surface area contributed by atoms with Crippen molar-refractivity contribution in [3.63, 3.8) is 0 Å². The Hall–Kier alpha value is -3.28. The van der Waals surface area contributed by atoms with Gasteiger partial charge in [-0.05, 0) is 36.3 Å². The van der Waals surface area contributed by atoms with Gasteiger partial charge in [-0.2, -0.15) is 0 Å². The lowest BCUT2D eigenvalue weighted by atomic mass is 9.94. The number of aromatic nitrogens is 1. The third-order valence-corrected chi connectivity index (χ3v) is 4.60. The van der Waals surface area contributed by atoms with Crippen molar-refractivity contribution in [2.45, 2.75) is 18.4 Å². The van der Waals surface area contributed by atoms with Gasteiger partial charge in [-0.15, -0.1) is 0 Å². The Bertz CT molecular complexity index is 991. The predicted octanol–water partition coefficient (Wildman–Crippen LogP) is 2.23. The average Bonchev–Trinajstić information content (AvgIpc) is 2.73. The number of hydrogen-bond acceptors (Lipinski definition) is 6. The molecule has 1 fully saturated rings. The Balaban J connectivity index is 1.80. The van der Waals surface area contributed by atoms with Crippen LogP contribution in [0.15, 0.2) is 36.5 Å². The smallest absolute Gasteiger partial charge is 0.322 e. The number of hydrogen-bond donors (Lipinski definition) is 3. The minimum Gasteiger partial charge on any atom is -0.505 e. The number of carboxylic acid groups (broad SMARTS) is 1. The molecule has 1 saturated heterocycles. The molecule has 0 spiro atoms. The predicted molar refractivity (Wildman–Crippen MR) is 108 cm³/mol. The largest absolute Gasteiger partial charge is 0.505 e. The van der Waals surface area contributed by atoms with E-state index < -0.39 is 29.8 Å². The number of carbonyl (C=O) groups is 2. The number of ether oxygens (including phenoxy) is 2. The lowest BCUT2D eigenvalue weighted by Crippen LogP contribution is -2.40. The van der Waals surface area contributed by atoms with Crippen molar-refractivity contribution in [1.82, 2.24) is 10.3 Å². The summed E-state index contributed by atoms with van der Waals surface area (Å²) in [6, 6.07) is 8.28. The van der Waals surface area contributed by atoms with E-state index in [1.807, 2.05) is 0 Å². The molecule has 0 unspecified atom stereocenters. The molecule has 1 aromatic carbocycles. The summed E-state index contributed by atoms with van der Waals surface area (Å²) in [6.45, 7) is 0.414. The molecule has 0 radical (unpaired) electrons. The highest BCUT2D eigenvalue weighted by atomic mass is 35.5. The molecule has 0 aliphatic carbocycles. The van der Waals surface area contributed by atoms with Crippen LogP contribution in [0.3, 0.4) is 0 Å². The molecule has 1 aliphatic heterocycles. The first kappa shape index (κ1) is 21.4. The van der Waals surface area contributed by atoms with Gasteiger partial charge >= 0.3 is 5.97 Å². The van der Waals surface area contributed by atoms with Crippen LogP contribution in [0, 0.1) is 11.8 Å². The van der Waals surface area contributed by atoms with Gasteiger partial charge in [-0.25, -0.2) is 4.98 Å². The van der Waals surface area contributed by atoms with Crippen molar-refractivity contribution in [3.05, 3.63) is 52.8 Å². The summed E-state index contributed by atoms with van der Waals surface area (Å²) in [5.74, 6) is 4.29. The van der Waals surface area contributed by atoms with Crippen LogP contribution in [-0.2, 0) is 9.53 Å². The standard InChI is InChI=1S/C21H19ClN2O6/c22-15-1-3-16(4-2-15)30-21(7-9-29-10-8-21)6-5-14-11-17(25)19(23-12-14)20(28)24-13-18(26)27/h1-4,11-12,25H,7-10,13H2,(H,24,28)(H,26,27). The number of rotatable bonds is 5. The summed E-state index contributed by atoms with van der Waals surface area (Å²) in [5, 5.41) is 21.4. The molecule has 0 saturated carbocycles. The van der Waals surface area contributed by atoms with Crippen LogP contribution in [0.25, 0.3) is 0 Å². The van der Waals surface area contributed by atoms with Crippen molar-refractivity contribution < 1.29 is 29.3 Å². The molecule has 9 heteroatoms. The Kier molecular flexibility index (Phi) is 6.77. The number of aromatic hydroxyl groups is 1. The highest BCUT2D eigenvalue weighted by molar-refractivity contribution is 6.30. The molecule has 2 aromatic rings. The Labute approximate surface area is 177 Å². The van der Waals surface area contributed by atoms with E-state index in [9.17, 15) is 14.7 Å². The Morgan fingerprint density at radius 3 is 2.60 bits per heavy atom. The van der Waals surface area contributed by atoms with E-state index in [4.69, 9.17) is 26.2 Å². The molecular formula is C21H19ClN2O6. The fourth-order valence-electron chi connectivity index (χ4n) is 2.80. The second kappa shape index (κ2) is 9.48. The number of carbonyl (C=O) groups excluding carboxylic acids is 1. The molecule has 1 amide bonds. The van der Waals surface area contributed by atoms with E-state index in [0.29, 0.717) is 42.4 Å². The van der Waals surface area contributed by atoms with E-state index in [2.05, 4.69) is 22.1 Å². The molecular weight excluding hydrogens is 412 g/mol. The molecule has 1 aromatic heterocycles. The maximum absolute atomic E-state index is 11.9. The summed E-state index contributed by atoms with van der Waals surface area (Å²) in [6.07, 6.45) is 2.44. The van der Waals surface area contributed by atoms with Crippen molar-refractivity contribution in [2.24, 2.45) is 0 Å². The van der Waals surface area contributed by atoms with Gasteiger partial charge in [-0.3, -0.25) is 9.59 Å².